The largest absolute Gasteiger partial charge is 0.337 e. The predicted octanol–water partition coefficient (Wildman–Crippen LogP) is 4.05. The normalized spacial score (nSPS) is 13.0. The van der Waals surface area contributed by atoms with Crippen molar-refractivity contribution in [3.05, 3.63) is 53.9 Å². The van der Waals surface area contributed by atoms with Crippen LogP contribution in [0.4, 0.5) is 4.39 Å². The van der Waals surface area contributed by atoms with Gasteiger partial charge in [0, 0.05) is 30.8 Å². The fourth-order valence-corrected chi connectivity index (χ4v) is 2.61. The van der Waals surface area contributed by atoms with Crippen LogP contribution in [0.1, 0.15) is 38.4 Å². The highest BCUT2D eigenvalue weighted by Crippen LogP contribution is 2.35. The number of imidazole rings is 1. The molecule has 114 valence electrons. The van der Waals surface area contributed by atoms with Crippen molar-refractivity contribution in [1.82, 2.24) is 9.55 Å². The highest BCUT2D eigenvalue weighted by Gasteiger charge is 2.34. The van der Waals surface area contributed by atoms with Gasteiger partial charge in [-0.15, -0.1) is 0 Å². The Morgan fingerprint density at radius 1 is 1.43 bits per heavy atom. The SMILES string of the molecule is CC.Cn1cncc1C(C)(CC(=O)Cl)c1cccc(F)c1. The lowest BCUT2D eigenvalue weighted by molar-refractivity contribution is -0.112. The monoisotopic (exact) mass is 310 g/mol. The van der Waals surface area contributed by atoms with Gasteiger partial charge in [0.25, 0.3) is 0 Å². The van der Waals surface area contributed by atoms with E-state index in [9.17, 15) is 9.18 Å². The number of benzene rings is 1. The molecule has 0 fully saturated rings. The maximum absolute atomic E-state index is 13.4. The molecule has 0 spiro atoms. The summed E-state index contributed by atoms with van der Waals surface area (Å²) in [4.78, 5) is 15.4. The van der Waals surface area contributed by atoms with Crippen LogP contribution in [0.15, 0.2) is 36.8 Å². The van der Waals surface area contributed by atoms with E-state index in [-0.39, 0.29) is 12.2 Å². The number of aromatic nitrogens is 2. The fraction of sp³-hybridized carbons (Fsp3) is 0.375. The molecule has 21 heavy (non-hydrogen) atoms. The number of halogens is 2. The lowest BCUT2D eigenvalue weighted by Crippen LogP contribution is -2.28. The van der Waals surface area contributed by atoms with E-state index >= 15 is 0 Å². The Kier molecular flexibility index (Phi) is 6.09. The number of hydrogen-bond donors (Lipinski definition) is 0. The lowest BCUT2D eigenvalue weighted by atomic mass is 9.77. The Balaban J connectivity index is 0.00000106. The van der Waals surface area contributed by atoms with Crippen LogP contribution in [-0.4, -0.2) is 14.8 Å². The number of rotatable bonds is 4. The molecule has 0 bridgehead atoms. The first-order chi connectivity index (χ1) is 9.93. The summed E-state index contributed by atoms with van der Waals surface area (Å²) in [5.74, 6) is -0.340. The summed E-state index contributed by atoms with van der Waals surface area (Å²) in [6, 6.07) is 6.20. The quantitative estimate of drug-likeness (QED) is 0.799. The van der Waals surface area contributed by atoms with Crippen LogP contribution >= 0.6 is 11.6 Å². The molecule has 0 saturated heterocycles. The summed E-state index contributed by atoms with van der Waals surface area (Å²) >= 11 is 5.56. The first kappa shape index (κ1) is 17.4. The van der Waals surface area contributed by atoms with Crippen LogP contribution in [0.2, 0.25) is 0 Å². The molecular weight excluding hydrogens is 291 g/mol. The second kappa shape index (κ2) is 7.36. The lowest BCUT2D eigenvalue weighted by Gasteiger charge is -2.29. The maximum atomic E-state index is 13.4. The van der Waals surface area contributed by atoms with Gasteiger partial charge in [0.15, 0.2) is 0 Å². The van der Waals surface area contributed by atoms with Crippen LogP contribution in [0.3, 0.4) is 0 Å². The van der Waals surface area contributed by atoms with E-state index in [4.69, 9.17) is 11.6 Å². The average molecular weight is 311 g/mol. The minimum Gasteiger partial charge on any atom is -0.337 e. The van der Waals surface area contributed by atoms with Gasteiger partial charge in [-0.1, -0.05) is 26.0 Å². The molecule has 0 aliphatic rings. The van der Waals surface area contributed by atoms with Gasteiger partial charge in [0.05, 0.1) is 6.33 Å². The number of hydrogen-bond acceptors (Lipinski definition) is 2. The van der Waals surface area contributed by atoms with Gasteiger partial charge in [0.2, 0.25) is 5.24 Å². The molecule has 3 nitrogen and oxygen atoms in total. The molecular formula is C16H20ClFN2O. The standard InChI is InChI=1S/C14H14ClFN2O.C2H6/c1-14(7-13(15)19,12-8-17-9-18(12)2)10-4-3-5-11(16)6-10;1-2/h3-6,8-9H,7H2,1-2H3;1-2H3. The smallest absolute Gasteiger partial charge is 0.222 e. The summed E-state index contributed by atoms with van der Waals surface area (Å²) < 4.78 is 15.2. The number of carbonyl (C=O) groups excluding carboxylic acids is 1. The highest BCUT2D eigenvalue weighted by atomic mass is 35.5. The van der Waals surface area contributed by atoms with E-state index in [2.05, 4.69) is 4.98 Å². The second-order valence-corrected chi connectivity index (χ2v) is 5.19. The Labute approximate surface area is 129 Å². The fourth-order valence-electron chi connectivity index (χ4n) is 2.34. The third kappa shape index (κ3) is 3.91. The summed E-state index contributed by atoms with van der Waals surface area (Å²) in [5.41, 5.74) is 0.809. The summed E-state index contributed by atoms with van der Waals surface area (Å²) in [7, 11) is 1.83. The molecule has 0 aliphatic heterocycles. The van der Waals surface area contributed by atoms with Crippen molar-refractivity contribution in [3.8, 4) is 0 Å². The van der Waals surface area contributed by atoms with Crippen molar-refractivity contribution in [2.45, 2.75) is 32.6 Å². The van der Waals surface area contributed by atoms with Crippen molar-refractivity contribution in [1.29, 1.82) is 0 Å². The van der Waals surface area contributed by atoms with E-state index in [0.29, 0.717) is 5.56 Å². The first-order valence-electron chi connectivity index (χ1n) is 6.84. The second-order valence-electron chi connectivity index (χ2n) is 4.76. The van der Waals surface area contributed by atoms with Crippen LogP contribution in [0.5, 0.6) is 0 Å². The van der Waals surface area contributed by atoms with Crippen molar-refractivity contribution in [2.24, 2.45) is 7.05 Å². The third-order valence-corrected chi connectivity index (χ3v) is 3.47. The summed E-state index contributed by atoms with van der Waals surface area (Å²) in [6.07, 6.45) is 3.40. The molecule has 1 aromatic carbocycles. The molecule has 5 heteroatoms. The van der Waals surface area contributed by atoms with Gasteiger partial charge in [0.1, 0.15) is 5.82 Å². The van der Waals surface area contributed by atoms with Crippen LogP contribution in [-0.2, 0) is 17.3 Å². The van der Waals surface area contributed by atoms with Crippen molar-refractivity contribution < 1.29 is 9.18 Å². The Hall–Kier alpha value is -1.68. The van der Waals surface area contributed by atoms with Gasteiger partial charge >= 0.3 is 0 Å². The van der Waals surface area contributed by atoms with Gasteiger partial charge < -0.3 is 4.57 Å². The van der Waals surface area contributed by atoms with E-state index in [0.717, 1.165) is 5.69 Å². The molecule has 0 aliphatic carbocycles. The van der Waals surface area contributed by atoms with Crippen molar-refractivity contribution in [3.63, 3.8) is 0 Å². The third-order valence-electron chi connectivity index (χ3n) is 3.34. The Morgan fingerprint density at radius 3 is 2.57 bits per heavy atom. The molecule has 0 saturated carbocycles. The highest BCUT2D eigenvalue weighted by molar-refractivity contribution is 6.63. The zero-order valence-electron chi connectivity index (χ0n) is 12.7. The van der Waals surface area contributed by atoms with E-state index < -0.39 is 10.7 Å². The average Bonchev–Trinajstić information content (AvgIpc) is 2.87. The topological polar surface area (TPSA) is 34.9 Å². The first-order valence-corrected chi connectivity index (χ1v) is 7.22. The molecule has 1 heterocycles. The Morgan fingerprint density at radius 2 is 2.10 bits per heavy atom. The van der Waals surface area contributed by atoms with Crippen molar-refractivity contribution in [2.75, 3.05) is 0 Å². The number of aryl methyl sites for hydroxylation is 1. The molecule has 2 aromatic rings. The molecule has 1 atom stereocenters. The maximum Gasteiger partial charge on any atom is 0.222 e. The molecule has 1 aromatic heterocycles. The van der Waals surface area contributed by atoms with Gasteiger partial charge in [-0.05, 0) is 36.2 Å². The van der Waals surface area contributed by atoms with Gasteiger partial charge in [-0.2, -0.15) is 0 Å². The van der Waals surface area contributed by atoms with Crippen LogP contribution in [0, 0.1) is 5.82 Å². The number of nitrogens with zero attached hydrogens (tertiary/aromatic N) is 2. The van der Waals surface area contributed by atoms with Crippen LogP contribution in [0.25, 0.3) is 0 Å². The molecule has 0 radical (unpaired) electrons. The molecule has 0 amide bonds. The molecule has 2 rings (SSSR count). The summed E-state index contributed by atoms with van der Waals surface area (Å²) in [5, 5.41) is -0.465. The minimum atomic E-state index is -0.702. The van der Waals surface area contributed by atoms with E-state index in [1.807, 2.05) is 32.4 Å². The predicted molar refractivity (Wildman–Crippen MR) is 82.9 cm³/mol. The van der Waals surface area contributed by atoms with Gasteiger partial charge in [-0.3, -0.25) is 4.79 Å². The molecule has 1 unspecified atom stereocenters. The zero-order valence-corrected chi connectivity index (χ0v) is 13.5. The Bertz CT molecular complexity index is 612. The van der Waals surface area contributed by atoms with Crippen LogP contribution < -0.4 is 0 Å². The number of carbonyl (C=O) groups is 1. The zero-order chi connectivity index (χ0) is 16.0. The molecule has 0 N–H and O–H groups in total. The van der Waals surface area contributed by atoms with E-state index in [1.165, 1.54) is 12.1 Å². The van der Waals surface area contributed by atoms with Crippen molar-refractivity contribution >= 4 is 16.8 Å². The van der Waals surface area contributed by atoms with E-state index in [1.54, 1.807) is 24.7 Å². The summed E-state index contributed by atoms with van der Waals surface area (Å²) in [6.45, 7) is 5.86. The van der Waals surface area contributed by atoms with Gasteiger partial charge in [-0.25, -0.2) is 9.37 Å². The minimum absolute atomic E-state index is 0.0809.